The molecule has 0 amide bonds. The summed E-state index contributed by atoms with van der Waals surface area (Å²) in [5.41, 5.74) is -1.26. The molecule has 0 N–H and O–H groups in total. The zero-order valence-corrected chi connectivity index (χ0v) is 8.33. The molecule has 1 aromatic rings. The van der Waals surface area contributed by atoms with Crippen molar-refractivity contribution in [2.45, 2.75) is 24.9 Å². The number of hydrogen-bond acceptors (Lipinski definition) is 1. The molecule has 0 aliphatic heterocycles. The van der Waals surface area contributed by atoms with Gasteiger partial charge in [-0.25, -0.2) is 0 Å². The van der Waals surface area contributed by atoms with Crippen LogP contribution < -0.4 is 0 Å². The summed E-state index contributed by atoms with van der Waals surface area (Å²) >= 11 is 0. The van der Waals surface area contributed by atoms with E-state index in [4.69, 9.17) is 0 Å². The molecule has 1 aromatic heterocycles. The lowest BCUT2D eigenvalue weighted by molar-refractivity contribution is -0.359. The van der Waals surface area contributed by atoms with Crippen molar-refractivity contribution in [3.63, 3.8) is 0 Å². The highest BCUT2D eigenvalue weighted by Gasteiger charge is 2.73. The molecule has 0 bridgehead atoms. The Kier molecular flexibility index (Phi) is 3.11. The number of hydrogen-bond donors (Lipinski definition) is 0. The van der Waals surface area contributed by atoms with Crippen molar-refractivity contribution >= 4 is 0 Å². The summed E-state index contributed by atoms with van der Waals surface area (Å²) in [6.45, 7) is 1.38. The molecule has 1 rings (SSSR count). The number of nitrogens with zero attached hydrogens (tertiary/aromatic N) is 1. The topological polar surface area (TPSA) is 12.9 Å². The smallest absolute Gasteiger partial charge is 0.261 e. The van der Waals surface area contributed by atoms with Crippen LogP contribution >= 0.6 is 0 Å². The fourth-order valence-electron chi connectivity index (χ4n) is 1.01. The molecule has 0 radical (unpaired) electrons. The minimum absolute atomic E-state index is 0.222. The monoisotopic (exact) mass is 261 g/mol. The van der Waals surface area contributed by atoms with Gasteiger partial charge in [0.05, 0.1) is 0 Å². The van der Waals surface area contributed by atoms with Crippen LogP contribution in [0.15, 0.2) is 18.3 Å². The Morgan fingerprint density at radius 3 is 1.82 bits per heavy atom. The molecule has 0 saturated carbocycles. The van der Waals surface area contributed by atoms with Crippen LogP contribution in [0.2, 0.25) is 0 Å². The van der Waals surface area contributed by atoms with Gasteiger partial charge in [-0.2, -0.15) is 30.7 Å². The second-order valence-corrected chi connectivity index (χ2v) is 3.33. The van der Waals surface area contributed by atoms with Crippen molar-refractivity contribution < 1.29 is 30.7 Å². The molecule has 0 unspecified atom stereocenters. The fourth-order valence-corrected chi connectivity index (χ4v) is 1.01. The van der Waals surface area contributed by atoms with E-state index in [0.29, 0.717) is 12.3 Å². The van der Waals surface area contributed by atoms with E-state index in [1.54, 1.807) is 0 Å². The third-order valence-electron chi connectivity index (χ3n) is 2.02. The number of aryl methyl sites for hydroxylation is 1. The molecule has 0 fully saturated rings. The molecule has 1 heterocycles. The largest absolute Gasteiger partial charge is 0.460 e. The standard InChI is InChI=1S/C9H6F7N/c1-5-2-3-6(4-17-5)7(10,11)8(12,13)9(14,15)16/h2-4H,1H3. The van der Waals surface area contributed by atoms with Crippen LogP contribution in [-0.2, 0) is 5.92 Å². The van der Waals surface area contributed by atoms with E-state index in [1.807, 2.05) is 0 Å². The Hall–Kier alpha value is -1.34. The van der Waals surface area contributed by atoms with Crippen molar-refractivity contribution in [1.29, 1.82) is 0 Å². The Bertz CT molecular complexity index is 393. The summed E-state index contributed by atoms with van der Waals surface area (Å²) in [7, 11) is 0. The van der Waals surface area contributed by atoms with E-state index in [1.165, 1.54) is 6.92 Å². The Labute approximate surface area is 91.3 Å². The fraction of sp³-hybridized carbons (Fsp3) is 0.444. The summed E-state index contributed by atoms with van der Waals surface area (Å²) < 4.78 is 86.8. The van der Waals surface area contributed by atoms with E-state index in [0.717, 1.165) is 6.07 Å². The molecule has 1 nitrogen and oxygen atoms in total. The van der Waals surface area contributed by atoms with E-state index in [-0.39, 0.29) is 5.69 Å². The van der Waals surface area contributed by atoms with Crippen molar-refractivity contribution in [3.05, 3.63) is 29.6 Å². The highest BCUT2D eigenvalue weighted by atomic mass is 19.4. The summed E-state index contributed by atoms with van der Waals surface area (Å²) in [5, 5.41) is 0. The minimum Gasteiger partial charge on any atom is -0.261 e. The van der Waals surface area contributed by atoms with Gasteiger partial charge in [0.15, 0.2) is 0 Å². The van der Waals surface area contributed by atoms with Crippen molar-refractivity contribution in [2.24, 2.45) is 0 Å². The Morgan fingerprint density at radius 2 is 1.47 bits per heavy atom. The van der Waals surface area contributed by atoms with E-state index in [2.05, 4.69) is 4.98 Å². The second kappa shape index (κ2) is 3.85. The van der Waals surface area contributed by atoms with Gasteiger partial charge in [0.25, 0.3) is 0 Å². The number of halogens is 7. The van der Waals surface area contributed by atoms with Gasteiger partial charge in [0.2, 0.25) is 0 Å². The van der Waals surface area contributed by atoms with Gasteiger partial charge in [0.1, 0.15) is 0 Å². The zero-order valence-electron chi connectivity index (χ0n) is 8.33. The average Bonchev–Trinajstić information content (AvgIpc) is 2.16. The Balaban J connectivity index is 3.23. The normalized spacial score (nSPS) is 13.9. The number of rotatable bonds is 2. The van der Waals surface area contributed by atoms with E-state index >= 15 is 0 Å². The molecular formula is C9H6F7N. The summed E-state index contributed by atoms with van der Waals surface area (Å²) in [6.07, 6.45) is -6.03. The van der Waals surface area contributed by atoms with E-state index in [9.17, 15) is 30.7 Å². The predicted molar refractivity (Wildman–Crippen MR) is 43.9 cm³/mol. The highest BCUT2D eigenvalue weighted by Crippen LogP contribution is 2.51. The van der Waals surface area contributed by atoms with Gasteiger partial charge in [-0.3, -0.25) is 4.98 Å². The highest BCUT2D eigenvalue weighted by molar-refractivity contribution is 5.21. The quantitative estimate of drug-likeness (QED) is 0.740. The van der Waals surface area contributed by atoms with E-state index < -0.39 is 23.6 Å². The van der Waals surface area contributed by atoms with Crippen LogP contribution in [0.5, 0.6) is 0 Å². The van der Waals surface area contributed by atoms with Crippen LogP contribution in [0.25, 0.3) is 0 Å². The number of alkyl halides is 7. The first-order valence-electron chi connectivity index (χ1n) is 4.25. The molecule has 17 heavy (non-hydrogen) atoms. The number of aromatic nitrogens is 1. The summed E-state index contributed by atoms with van der Waals surface area (Å²) in [5.74, 6) is -11.5. The van der Waals surface area contributed by atoms with Crippen LogP contribution in [-0.4, -0.2) is 17.1 Å². The predicted octanol–water partition coefficient (Wildman–Crippen LogP) is 3.68. The van der Waals surface area contributed by atoms with Crippen LogP contribution in [0, 0.1) is 6.92 Å². The third kappa shape index (κ3) is 2.20. The Morgan fingerprint density at radius 1 is 0.941 bits per heavy atom. The van der Waals surface area contributed by atoms with Gasteiger partial charge in [0, 0.05) is 17.5 Å². The van der Waals surface area contributed by atoms with Crippen LogP contribution in [0.4, 0.5) is 30.7 Å². The molecule has 0 saturated heterocycles. The van der Waals surface area contributed by atoms with Gasteiger partial charge in [-0.05, 0) is 19.1 Å². The van der Waals surface area contributed by atoms with Gasteiger partial charge in [-0.15, -0.1) is 0 Å². The molecule has 0 spiro atoms. The lowest BCUT2D eigenvalue weighted by Gasteiger charge is -2.28. The summed E-state index contributed by atoms with van der Waals surface area (Å²) in [4.78, 5) is 3.26. The number of pyridine rings is 1. The first kappa shape index (κ1) is 13.7. The molecular weight excluding hydrogens is 255 g/mol. The maximum Gasteiger partial charge on any atom is 0.460 e. The first-order chi connectivity index (χ1) is 7.50. The lowest BCUT2D eigenvalue weighted by atomic mass is 10.0. The zero-order chi connectivity index (χ0) is 13.5. The first-order valence-corrected chi connectivity index (χ1v) is 4.25. The molecule has 8 heteroatoms. The van der Waals surface area contributed by atoms with Crippen LogP contribution in [0.3, 0.4) is 0 Å². The molecule has 96 valence electrons. The third-order valence-corrected chi connectivity index (χ3v) is 2.02. The average molecular weight is 261 g/mol. The van der Waals surface area contributed by atoms with Crippen molar-refractivity contribution in [1.82, 2.24) is 4.98 Å². The van der Waals surface area contributed by atoms with Gasteiger partial charge in [-0.1, -0.05) is 0 Å². The maximum absolute atomic E-state index is 13.1. The lowest BCUT2D eigenvalue weighted by Crippen LogP contribution is -2.50. The van der Waals surface area contributed by atoms with Crippen LogP contribution in [0.1, 0.15) is 11.3 Å². The SMILES string of the molecule is Cc1ccc(C(F)(F)C(F)(F)C(F)(F)F)cn1. The minimum atomic E-state index is -6.33. The second-order valence-electron chi connectivity index (χ2n) is 3.33. The van der Waals surface area contributed by atoms with Crippen molar-refractivity contribution in [3.8, 4) is 0 Å². The van der Waals surface area contributed by atoms with Gasteiger partial charge >= 0.3 is 18.0 Å². The summed E-state index contributed by atoms with van der Waals surface area (Å²) in [6, 6.07) is 1.41. The molecule has 0 aliphatic carbocycles. The molecule has 0 aliphatic rings. The molecule has 0 aromatic carbocycles. The maximum atomic E-state index is 13.1. The van der Waals surface area contributed by atoms with Crippen molar-refractivity contribution in [2.75, 3.05) is 0 Å². The van der Waals surface area contributed by atoms with Gasteiger partial charge < -0.3 is 0 Å². The molecule has 0 atom stereocenters.